The lowest BCUT2D eigenvalue weighted by Crippen LogP contribution is -2.18. The summed E-state index contributed by atoms with van der Waals surface area (Å²) in [5, 5.41) is 0. The van der Waals surface area contributed by atoms with Gasteiger partial charge in [0.25, 0.3) is 0 Å². The molecule has 0 saturated carbocycles. The van der Waals surface area contributed by atoms with Gasteiger partial charge >= 0.3 is 6.18 Å². The van der Waals surface area contributed by atoms with E-state index < -0.39 is 12.7 Å². The largest absolute Gasteiger partial charge is 0.492 e. The van der Waals surface area contributed by atoms with Gasteiger partial charge in [-0.05, 0) is 24.6 Å². The number of nitrogens with zero attached hydrogens (tertiary/aromatic N) is 2. The molecule has 0 N–H and O–H groups in total. The van der Waals surface area contributed by atoms with E-state index in [2.05, 4.69) is 4.98 Å². The van der Waals surface area contributed by atoms with Crippen LogP contribution in [-0.4, -0.2) is 28.1 Å². The van der Waals surface area contributed by atoms with Gasteiger partial charge in [-0.15, -0.1) is 0 Å². The predicted octanol–water partition coefficient (Wildman–Crippen LogP) is 3.80. The zero-order chi connectivity index (χ0) is 17.3. The fraction of sp³-hybridized carbons (Fsp3) is 0.294. The second kappa shape index (κ2) is 6.14. The number of ketones is 1. The number of hydrogen-bond donors (Lipinski definition) is 0. The minimum absolute atomic E-state index is 0.103. The molecular weight excluding hydrogens is 321 g/mol. The Morgan fingerprint density at radius 1 is 1.38 bits per heavy atom. The molecule has 126 valence electrons. The normalized spacial score (nSPS) is 16.7. The lowest BCUT2D eigenvalue weighted by atomic mass is 9.99. The first-order valence-electron chi connectivity index (χ1n) is 7.41. The molecule has 0 bridgehead atoms. The van der Waals surface area contributed by atoms with E-state index in [1.165, 1.54) is 18.5 Å². The lowest BCUT2D eigenvalue weighted by molar-refractivity contribution is -0.140. The number of hydrogen-bond acceptors (Lipinski definition) is 3. The zero-order valence-corrected chi connectivity index (χ0v) is 12.9. The third-order valence-electron chi connectivity index (χ3n) is 3.77. The van der Waals surface area contributed by atoms with Crippen LogP contribution in [0.4, 0.5) is 13.2 Å². The summed E-state index contributed by atoms with van der Waals surface area (Å²) in [6, 6.07) is 5.26. The third-order valence-corrected chi connectivity index (χ3v) is 3.77. The highest BCUT2D eigenvalue weighted by Gasteiger charge is 2.29. The lowest BCUT2D eigenvalue weighted by Gasteiger charge is -2.09. The summed E-state index contributed by atoms with van der Waals surface area (Å²) in [5.41, 5.74) is 1.65. The number of Topliss-reactive ketones (excluding diaryl/α,β-unsaturated/α-hetero) is 1. The van der Waals surface area contributed by atoms with Gasteiger partial charge in [0.2, 0.25) is 0 Å². The highest BCUT2D eigenvalue weighted by Crippen LogP contribution is 2.30. The standard InChI is InChI=1S/C17H15F3N2O2/c1-11-3-2-4-13-15(23)12(5-8-24-16(11)13)9-14-21-6-7-22(14)10-17(18,19)20/h2-4,6-7,9H,5,8,10H2,1H3/b12-9+. The fourth-order valence-corrected chi connectivity index (χ4v) is 2.65. The third kappa shape index (κ3) is 3.34. The average Bonchev–Trinajstić information content (AvgIpc) is 2.84. The van der Waals surface area contributed by atoms with Crippen molar-refractivity contribution in [3.8, 4) is 5.75 Å². The number of alkyl halides is 3. The first-order chi connectivity index (χ1) is 11.3. The van der Waals surface area contributed by atoms with Crippen LogP contribution in [0.1, 0.15) is 28.2 Å². The van der Waals surface area contributed by atoms with E-state index in [9.17, 15) is 18.0 Å². The molecule has 1 aliphatic heterocycles. The maximum absolute atomic E-state index is 12.7. The van der Waals surface area contributed by atoms with Gasteiger partial charge < -0.3 is 9.30 Å². The number of fused-ring (bicyclic) bond motifs is 1. The molecule has 7 heteroatoms. The summed E-state index contributed by atoms with van der Waals surface area (Å²) in [5.74, 6) is 0.393. The van der Waals surface area contributed by atoms with E-state index in [0.717, 1.165) is 10.1 Å². The first kappa shape index (κ1) is 16.3. The Kier molecular flexibility index (Phi) is 4.17. The number of halogens is 3. The number of benzene rings is 1. The summed E-state index contributed by atoms with van der Waals surface area (Å²) in [4.78, 5) is 16.6. The van der Waals surface area contributed by atoms with Crippen LogP contribution < -0.4 is 4.74 Å². The summed E-state index contributed by atoms with van der Waals surface area (Å²) >= 11 is 0. The quantitative estimate of drug-likeness (QED) is 0.784. The molecule has 0 unspecified atom stereocenters. The van der Waals surface area contributed by atoms with Gasteiger partial charge in [-0.2, -0.15) is 13.2 Å². The van der Waals surface area contributed by atoms with Crippen LogP contribution in [0.3, 0.4) is 0 Å². The number of para-hydroxylation sites is 1. The van der Waals surface area contributed by atoms with Crippen molar-refractivity contribution in [2.24, 2.45) is 0 Å². The van der Waals surface area contributed by atoms with E-state index in [-0.39, 0.29) is 18.2 Å². The van der Waals surface area contributed by atoms with Gasteiger partial charge in [0, 0.05) is 24.4 Å². The summed E-state index contributed by atoms with van der Waals surface area (Å²) < 4.78 is 44.4. The van der Waals surface area contributed by atoms with Crippen LogP contribution in [0.5, 0.6) is 5.75 Å². The Morgan fingerprint density at radius 2 is 2.17 bits per heavy atom. The molecule has 0 saturated heterocycles. The van der Waals surface area contributed by atoms with Crippen molar-refractivity contribution in [2.45, 2.75) is 26.1 Å². The number of carbonyl (C=O) groups excluding carboxylic acids is 1. The van der Waals surface area contributed by atoms with Crippen molar-refractivity contribution in [1.82, 2.24) is 9.55 Å². The Morgan fingerprint density at radius 3 is 2.92 bits per heavy atom. The highest BCUT2D eigenvalue weighted by atomic mass is 19.4. The number of imidazole rings is 1. The van der Waals surface area contributed by atoms with Gasteiger partial charge in [0.05, 0.1) is 12.2 Å². The molecular formula is C17H15F3N2O2. The van der Waals surface area contributed by atoms with E-state index in [1.807, 2.05) is 13.0 Å². The van der Waals surface area contributed by atoms with Crippen LogP contribution in [0, 0.1) is 6.92 Å². The van der Waals surface area contributed by atoms with Gasteiger partial charge in [-0.25, -0.2) is 4.98 Å². The number of ether oxygens (including phenoxy) is 1. The van der Waals surface area contributed by atoms with E-state index in [1.54, 1.807) is 12.1 Å². The second-order valence-electron chi connectivity index (χ2n) is 5.58. The summed E-state index contributed by atoms with van der Waals surface area (Å²) in [7, 11) is 0. The molecule has 1 aromatic heterocycles. The maximum Gasteiger partial charge on any atom is 0.406 e. The van der Waals surface area contributed by atoms with Crippen LogP contribution in [0.15, 0.2) is 36.2 Å². The van der Waals surface area contributed by atoms with Crippen LogP contribution >= 0.6 is 0 Å². The minimum atomic E-state index is -4.35. The SMILES string of the molecule is Cc1cccc2c1OCC/C(=C\c1nccn1CC(F)(F)F)C2=O. The van der Waals surface area contributed by atoms with Crippen LogP contribution in [0.25, 0.3) is 6.08 Å². The Labute approximate surface area is 136 Å². The van der Waals surface area contributed by atoms with Crippen molar-refractivity contribution >= 4 is 11.9 Å². The van der Waals surface area contributed by atoms with E-state index >= 15 is 0 Å². The molecule has 4 nitrogen and oxygen atoms in total. The number of carbonyl (C=O) groups is 1. The molecule has 1 aromatic carbocycles. The molecule has 1 aliphatic rings. The second-order valence-corrected chi connectivity index (χ2v) is 5.58. The molecule has 2 aromatic rings. The summed E-state index contributed by atoms with van der Waals surface area (Å²) in [6.45, 7) is 0.985. The van der Waals surface area contributed by atoms with E-state index in [0.29, 0.717) is 23.3 Å². The maximum atomic E-state index is 12.7. The molecule has 3 rings (SSSR count). The molecule has 0 aliphatic carbocycles. The first-order valence-corrected chi connectivity index (χ1v) is 7.41. The Balaban J connectivity index is 1.97. The Bertz CT molecular complexity index is 806. The van der Waals surface area contributed by atoms with Crippen molar-refractivity contribution < 1.29 is 22.7 Å². The monoisotopic (exact) mass is 336 g/mol. The van der Waals surface area contributed by atoms with Crippen molar-refractivity contribution in [2.75, 3.05) is 6.61 Å². The van der Waals surface area contributed by atoms with Gasteiger partial charge in [-0.1, -0.05) is 12.1 Å². The van der Waals surface area contributed by atoms with Gasteiger partial charge in [0.15, 0.2) is 5.78 Å². The van der Waals surface area contributed by atoms with E-state index in [4.69, 9.17) is 4.74 Å². The zero-order valence-electron chi connectivity index (χ0n) is 12.9. The summed E-state index contributed by atoms with van der Waals surface area (Å²) in [6.07, 6.45) is -0.0987. The smallest absolute Gasteiger partial charge is 0.406 e. The molecule has 24 heavy (non-hydrogen) atoms. The van der Waals surface area contributed by atoms with Crippen molar-refractivity contribution in [3.05, 3.63) is 53.1 Å². The number of rotatable bonds is 2. The average molecular weight is 336 g/mol. The fourth-order valence-electron chi connectivity index (χ4n) is 2.65. The van der Waals surface area contributed by atoms with Gasteiger partial charge in [-0.3, -0.25) is 4.79 Å². The topological polar surface area (TPSA) is 44.1 Å². The van der Waals surface area contributed by atoms with Crippen LogP contribution in [0.2, 0.25) is 0 Å². The van der Waals surface area contributed by atoms with Crippen molar-refractivity contribution in [3.63, 3.8) is 0 Å². The molecule has 0 fully saturated rings. The molecule has 0 radical (unpaired) electrons. The molecule has 0 amide bonds. The number of aryl methyl sites for hydroxylation is 1. The number of aromatic nitrogens is 2. The molecule has 0 spiro atoms. The highest BCUT2D eigenvalue weighted by molar-refractivity contribution is 6.13. The Hall–Kier alpha value is -2.57. The van der Waals surface area contributed by atoms with Crippen LogP contribution in [-0.2, 0) is 6.54 Å². The molecule has 2 heterocycles. The minimum Gasteiger partial charge on any atom is -0.492 e. The van der Waals surface area contributed by atoms with Gasteiger partial charge in [0.1, 0.15) is 18.1 Å². The molecule has 0 atom stereocenters. The van der Waals surface area contributed by atoms with Crippen molar-refractivity contribution in [1.29, 1.82) is 0 Å². The predicted molar refractivity (Wildman–Crippen MR) is 81.9 cm³/mol.